The SMILES string of the molecule is C=CCn1c(S[C@@H](C)C(=O)NC[C@H]2CCCO2)nnc1-c1ccc(OC)cc1. The molecule has 1 aliphatic heterocycles. The summed E-state index contributed by atoms with van der Waals surface area (Å²) in [6, 6.07) is 7.65. The van der Waals surface area contributed by atoms with Crippen molar-refractivity contribution in [3.8, 4) is 17.1 Å². The standard InChI is InChI=1S/C20H26N4O3S/c1-4-11-24-18(15-7-9-16(26-3)10-8-15)22-23-20(24)28-14(2)19(25)21-13-17-6-5-12-27-17/h4,7-10,14,17H,1,5-6,11-13H2,2-3H3,(H,21,25)/t14-,17+/m0/s1. The lowest BCUT2D eigenvalue weighted by atomic mass is 10.2. The van der Waals surface area contributed by atoms with Gasteiger partial charge in [-0.1, -0.05) is 17.8 Å². The van der Waals surface area contributed by atoms with E-state index in [0.717, 1.165) is 36.6 Å². The molecule has 1 N–H and O–H groups in total. The minimum atomic E-state index is -0.294. The van der Waals surface area contributed by atoms with Crippen LogP contribution in [0.2, 0.25) is 0 Å². The lowest BCUT2D eigenvalue weighted by molar-refractivity contribution is -0.120. The van der Waals surface area contributed by atoms with E-state index in [1.165, 1.54) is 11.8 Å². The van der Waals surface area contributed by atoms with Crippen LogP contribution in [0.1, 0.15) is 19.8 Å². The van der Waals surface area contributed by atoms with E-state index >= 15 is 0 Å². The molecule has 150 valence electrons. The van der Waals surface area contributed by atoms with Crippen LogP contribution in [0.25, 0.3) is 11.4 Å². The first-order valence-electron chi connectivity index (χ1n) is 9.37. The van der Waals surface area contributed by atoms with Crippen LogP contribution >= 0.6 is 11.8 Å². The van der Waals surface area contributed by atoms with Gasteiger partial charge in [-0.2, -0.15) is 0 Å². The third-order valence-electron chi connectivity index (χ3n) is 4.56. The van der Waals surface area contributed by atoms with Crippen LogP contribution in [0.4, 0.5) is 0 Å². The van der Waals surface area contributed by atoms with Gasteiger partial charge in [-0.25, -0.2) is 0 Å². The number of carbonyl (C=O) groups is 1. The summed E-state index contributed by atoms with van der Waals surface area (Å²) in [5.41, 5.74) is 0.928. The van der Waals surface area contributed by atoms with Gasteiger partial charge in [0.25, 0.3) is 0 Å². The van der Waals surface area contributed by atoms with Gasteiger partial charge in [0.2, 0.25) is 5.91 Å². The smallest absolute Gasteiger partial charge is 0.233 e. The van der Waals surface area contributed by atoms with Crippen molar-refractivity contribution in [2.45, 2.75) is 42.8 Å². The van der Waals surface area contributed by atoms with Crippen molar-refractivity contribution in [3.05, 3.63) is 36.9 Å². The zero-order valence-corrected chi connectivity index (χ0v) is 17.1. The quantitative estimate of drug-likeness (QED) is 0.513. The molecule has 0 bridgehead atoms. The molecule has 8 heteroatoms. The van der Waals surface area contributed by atoms with E-state index in [2.05, 4.69) is 22.1 Å². The highest BCUT2D eigenvalue weighted by Crippen LogP contribution is 2.28. The molecular weight excluding hydrogens is 376 g/mol. The molecule has 1 aliphatic rings. The fraction of sp³-hybridized carbons (Fsp3) is 0.450. The number of benzene rings is 1. The average molecular weight is 403 g/mol. The van der Waals surface area contributed by atoms with Crippen LogP contribution in [-0.4, -0.2) is 52.3 Å². The van der Waals surface area contributed by atoms with E-state index in [-0.39, 0.29) is 17.3 Å². The highest BCUT2D eigenvalue weighted by molar-refractivity contribution is 8.00. The summed E-state index contributed by atoms with van der Waals surface area (Å²) in [7, 11) is 1.63. The van der Waals surface area contributed by atoms with Crippen LogP contribution in [-0.2, 0) is 16.1 Å². The van der Waals surface area contributed by atoms with Gasteiger partial charge in [0, 0.05) is 25.3 Å². The number of ether oxygens (including phenoxy) is 2. The van der Waals surface area contributed by atoms with Gasteiger partial charge >= 0.3 is 0 Å². The Hall–Kier alpha value is -2.32. The van der Waals surface area contributed by atoms with Gasteiger partial charge in [0.1, 0.15) is 5.75 Å². The Bertz CT molecular complexity index is 800. The van der Waals surface area contributed by atoms with Crippen molar-refractivity contribution in [2.75, 3.05) is 20.3 Å². The van der Waals surface area contributed by atoms with E-state index in [1.807, 2.05) is 35.8 Å². The van der Waals surface area contributed by atoms with Crippen molar-refractivity contribution in [3.63, 3.8) is 0 Å². The Morgan fingerprint density at radius 2 is 2.25 bits per heavy atom. The zero-order chi connectivity index (χ0) is 19.9. The molecule has 1 saturated heterocycles. The second-order valence-electron chi connectivity index (χ2n) is 6.57. The second kappa shape index (κ2) is 9.75. The van der Waals surface area contributed by atoms with E-state index < -0.39 is 0 Å². The van der Waals surface area contributed by atoms with E-state index in [1.54, 1.807) is 13.2 Å². The van der Waals surface area contributed by atoms with Gasteiger partial charge < -0.3 is 14.8 Å². The molecule has 0 spiro atoms. The maximum absolute atomic E-state index is 12.4. The van der Waals surface area contributed by atoms with Crippen molar-refractivity contribution >= 4 is 17.7 Å². The van der Waals surface area contributed by atoms with Crippen LogP contribution < -0.4 is 10.1 Å². The van der Waals surface area contributed by atoms with E-state index in [4.69, 9.17) is 9.47 Å². The first-order valence-corrected chi connectivity index (χ1v) is 10.2. The number of methoxy groups -OCH3 is 1. The van der Waals surface area contributed by atoms with E-state index in [0.29, 0.717) is 18.2 Å². The fourth-order valence-electron chi connectivity index (χ4n) is 3.00. The Morgan fingerprint density at radius 1 is 1.46 bits per heavy atom. The third-order valence-corrected chi connectivity index (χ3v) is 5.64. The monoisotopic (exact) mass is 402 g/mol. The molecule has 0 unspecified atom stereocenters. The first-order chi connectivity index (χ1) is 13.6. The molecule has 0 saturated carbocycles. The summed E-state index contributed by atoms with van der Waals surface area (Å²) in [5.74, 6) is 1.49. The molecule has 28 heavy (non-hydrogen) atoms. The van der Waals surface area contributed by atoms with Crippen molar-refractivity contribution in [1.82, 2.24) is 20.1 Å². The molecule has 2 aromatic rings. The van der Waals surface area contributed by atoms with E-state index in [9.17, 15) is 4.79 Å². The predicted octanol–water partition coefficient (Wildman–Crippen LogP) is 2.92. The molecule has 1 fully saturated rings. The minimum Gasteiger partial charge on any atom is -0.497 e. The maximum atomic E-state index is 12.4. The molecule has 0 aliphatic carbocycles. The highest BCUT2D eigenvalue weighted by Gasteiger charge is 2.22. The number of hydrogen-bond acceptors (Lipinski definition) is 6. The highest BCUT2D eigenvalue weighted by atomic mass is 32.2. The topological polar surface area (TPSA) is 78.3 Å². The number of allylic oxidation sites excluding steroid dienone is 1. The van der Waals surface area contributed by atoms with Crippen LogP contribution in [0.5, 0.6) is 5.75 Å². The number of aromatic nitrogens is 3. The molecule has 2 atom stereocenters. The Kier molecular flexibility index (Phi) is 7.11. The summed E-state index contributed by atoms with van der Waals surface area (Å²) in [6.07, 6.45) is 3.99. The predicted molar refractivity (Wildman–Crippen MR) is 110 cm³/mol. The number of hydrogen-bond donors (Lipinski definition) is 1. The van der Waals surface area contributed by atoms with Crippen LogP contribution in [0.15, 0.2) is 42.1 Å². The van der Waals surface area contributed by atoms with Gasteiger partial charge in [-0.05, 0) is 44.0 Å². The Labute approximate surface area is 169 Å². The van der Waals surface area contributed by atoms with Crippen LogP contribution in [0.3, 0.4) is 0 Å². The lowest BCUT2D eigenvalue weighted by Crippen LogP contribution is -2.36. The summed E-state index contributed by atoms with van der Waals surface area (Å²) in [6.45, 7) is 7.59. The summed E-state index contributed by atoms with van der Waals surface area (Å²) >= 11 is 1.39. The zero-order valence-electron chi connectivity index (χ0n) is 16.3. The van der Waals surface area contributed by atoms with Gasteiger partial charge in [0.05, 0.1) is 18.5 Å². The molecule has 1 aromatic heterocycles. The normalized spacial score (nSPS) is 17.3. The Morgan fingerprint density at radius 3 is 2.89 bits per heavy atom. The second-order valence-corrected chi connectivity index (χ2v) is 7.88. The molecule has 2 heterocycles. The average Bonchev–Trinajstić information content (AvgIpc) is 3.37. The number of rotatable bonds is 9. The number of nitrogens with zero attached hydrogens (tertiary/aromatic N) is 3. The van der Waals surface area contributed by atoms with Gasteiger partial charge in [-0.3, -0.25) is 9.36 Å². The van der Waals surface area contributed by atoms with Crippen molar-refractivity contribution < 1.29 is 14.3 Å². The lowest BCUT2D eigenvalue weighted by Gasteiger charge is -2.15. The minimum absolute atomic E-state index is 0.0281. The van der Waals surface area contributed by atoms with Crippen LogP contribution in [0, 0.1) is 0 Å². The molecular formula is C20H26N4O3S. The molecule has 0 radical (unpaired) electrons. The molecule has 7 nitrogen and oxygen atoms in total. The number of nitrogens with one attached hydrogen (secondary N) is 1. The van der Waals surface area contributed by atoms with Crippen molar-refractivity contribution in [2.24, 2.45) is 0 Å². The molecule has 1 aromatic carbocycles. The molecule has 3 rings (SSSR count). The molecule has 1 amide bonds. The number of thioether (sulfide) groups is 1. The third kappa shape index (κ3) is 4.94. The number of amides is 1. The number of carbonyl (C=O) groups excluding carboxylic acids is 1. The Balaban J connectivity index is 1.69. The van der Waals surface area contributed by atoms with Crippen molar-refractivity contribution in [1.29, 1.82) is 0 Å². The summed E-state index contributed by atoms with van der Waals surface area (Å²) in [4.78, 5) is 12.4. The largest absolute Gasteiger partial charge is 0.497 e. The first kappa shape index (κ1) is 20.4. The summed E-state index contributed by atoms with van der Waals surface area (Å²) < 4.78 is 12.7. The van der Waals surface area contributed by atoms with Gasteiger partial charge in [0.15, 0.2) is 11.0 Å². The fourth-order valence-corrected chi connectivity index (χ4v) is 3.88. The summed E-state index contributed by atoms with van der Waals surface area (Å²) in [5, 5.41) is 12.0. The maximum Gasteiger partial charge on any atom is 0.233 e. The van der Waals surface area contributed by atoms with Gasteiger partial charge in [-0.15, -0.1) is 16.8 Å².